The highest BCUT2D eigenvalue weighted by Crippen LogP contribution is 2.26. The Labute approximate surface area is 632 Å². The van der Waals surface area contributed by atoms with Gasteiger partial charge in [0.05, 0.1) is 19.3 Å². The molecule has 35 heteroatoms. The lowest BCUT2D eigenvalue weighted by Gasteiger charge is -2.39. The summed E-state index contributed by atoms with van der Waals surface area (Å²) in [6.45, 7) is 4.02. The second-order valence-corrected chi connectivity index (χ2v) is 27.7. The number of nitrogens with two attached hydrogens (primary N) is 3. The molecule has 14 atom stereocenters. The number of para-hydroxylation sites is 1. The molecule has 0 radical (unpaired) electrons. The number of phenolic OH excluding ortho intramolecular Hbond substituents is 1. The number of benzene rings is 5. The highest BCUT2D eigenvalue weighted by atomic mass is 35.5. The average molecular weight is 1530 g/mol. The average Bonchev–Trinajstić information content (AvgIpc) is 1.60. The van der Waals surface area contributed by atoms with Crippen LogP contribution in [-0.2, 0) is 83.1 Å². The predicted molar refractivity (Wildman–Crippen MR) is 398 cm³/mol. The van der Waals surface area contributed by atoms with Crippen molar-refractivity contribution in [1.29, 1.82) is 0 Å². The van der Waals surface area contributed by atoms with Crippen LogP contribution < -0.4 is 70.6 Å². The number of rotatable bonds is 35. The van der Waals surface area contributed by atoms with Gasteiger partial charge in [0, 0.05) is 67.8 Å². The smallest absolute Gasteiger partial charge is 0.330 e. The number of ether oxygens (including phenoxy) is 2. The number of nitrogens with one attached hydrogen (secondary N) is 11. The number of halogens is 1. The Bertz CT molecular complexity index is 4220. The molecule has 109 heavy (non-hydrogen) atoms. The van der Waals surface area contributed by atoms with Crippen LogP contribution in [0.2, 0.25) is 5.02 Å². The van der Waals surface area contributed by atoms with E-state index in [4.69, 9.17) is 38.3 Å². The van der Waals surface area contributed by atoms with Crippen molar-refractivity contribution in [2.75, 3.05) is 26.3 Å². The van der Waals surface area contributed by atoms with E-state index in [0.29, 0.717) is 44.6 Å². The topological polar surface area (TPSA) is 537 Å². The van der Waals surface area contributed by atoms with Crippen LogP contribution in [-0.4, -0.2) is 218 Å². The summed E-state index contributed by atoms with van der Waals surface area (Å²) in [6.07, 6.45) is -7.15. The molecule has 8 rings (SSSR count). The minimum absolute atomic E-state index is 0.00274. The molecule has 2 fully saturated rings. The zero-order valence-corrected chi connectivity index (χ0v) is 61.2. The summed E-state index contributed by atoms with van der Waals surface area (Å²) in [7, 11) is 0. The Morgan fingerprint density at radius 2 is 1.14 bits per heavy atom. The number of carbonyl (C=O) groups excluding carboxylic acids is 11. The van der Waals surface area contributed by atoms with Crippen molar-refractivity contribution in [2.45, 2.75) is 171 Å². The summed E-state index contributed by atoms with van der Waals surface area (Å²) < 4.78 is 11.5. The summed E-state index contributed by atoms with van der Waals surface area (Å²) in [5, 5.41) is 77.6. The number of hydrazine groups is 1. The van der Waals surface area contributed by atoms with Gasteiger partial charge in [-0.1, -0.05) is 110 Å². The number of guanidine groups is 1. The number of phenols is 1. The van der Waals surface area contributed by atoms with Gasteiger partial charge in [0.2, 0.25) is 53.2 Å². The van der Waals surface area contributed by atoms with E-state index in [2.05, 4.69) is 57.9 Å². The van der Waals surface area contributed by atoms with Crippen molar-refractivity contribution in [3.63, 3.8) is 0 Å². The zero-order valence-electron chi connectivity index (χ0n) is 60.4. The largest absolute Gasteiger partial charge is 0.508 e. The molecule has 2 aliphatic heterocycles. The van der Waals surface area contributed by atoms with E-state index < -0.39 is 170 Å². The minimum Gasteiger partial charge on any atom is -0.508 e. The van der Waals surface area contributed by atoms with Gasteiger partial charge in [0.1, 0.15) is 78.4 Å². The number of fused-ring (bicyclic) bond motifs is 2. The Kier molecular flexibility index (Phi) is 30.5. The van der Waals surface area contributed by atoms with Crippen LogP contribution in [0, 0.1) is 5.92 Å². The number of aliphatic hydroxyl groups excluding tert-OH is 4. The van der Waals surface area contributed by atoms with E-state index in [0.717, 1.165) is 10.8 Å². The monoisotopic (exact) mass is 1530 g/mol. The van der Waals surface area contributed by atoms with Crippen LogP contribution in [0.4, 0.5) is 4.79 Å². The molecule has 6 aromatic rings. The first-order valence-corrected chi connectivity index (χ1v) is 35.9. The fourth-order valence-electron chi connectivity index (χ4n) is 12.7. The maximum absolute atomic E-state index is 15.1. The molecular formula is C74H95ClN16O18. The van der Waals surface area contributed by atoms with Gasteiger partial charge < -0.3 is 105 Å². The van der Waals surface area contributed by atoms with E-state index in [1.165, 1.54) is 43.0 Å². The molecule has 0 unspecified atom stereocenters. The third-order valence-corrected chi connectivity index (χ3v) is 18.7. The van der Waals surface area contributed by atoms with E-state index in [1.54, 1.807) is 68.6 Å². The molecule has 0 bridgehead atoms. The Morgan fingerprint density at radius 3 is 1.75 bits per heavy atom. The van der Waals surface area contributed by atoms with Crippen LogP contribution in [0.25, 0.3) is 21.7 Å². The summed E-state index contributed by atoms with van der Waals surface area (Å²) in [6, 6.07) is 17.0. The number of nitrogens with zero attached hydrogens (tertiary/aromatic N) is 2. The number of hydrogen-bond donors (Lipinski definition) is 19. The van der Waals surface area contributed by atoms with Crippen molar-refractivity contribution in [2.24, 2.45) is 28.1 Å². The Balaban J connectivity index is 1.07. The number of urea groups is 1. The van der Waals surface area contributed by atoms with E-state index in [-0.39, 0.29) is 75.7 Å². The van der Waals surface area contributed by atoms with Gasteiger partial charge in [0.25, 0.3) is 5.91 Å². The number of H-pyrrole nitrogens is 1. The zero-order chi connectivity index (χ0) is 79.2. The summed E-state index contributed by atoms with van der Waals surface area (Å²) >= 11 is 6.26. The summed E-state index contributed by atoms with van der Waals surface area (Å²) in [4.78, 5) is 164. The predicted octanol–water partition coefficient (Wildman–Crippen LogP) is -1.52. The molecule has 0 aliphatic carbocycles. The first kappa shape index (κ1) is 83.6. The number of hydrogen-bond acceptors (Lipinski definition) is 19. The molecule has 5 aromatic carbocycles. The number of amides is 12. The van der Waals surface area contributed by atoms with Crippen LogP contribution in [0.15, 0.2) is 126 Å². The van der Waals surface area contributed by atoms with Gasteiger partial charge in [-0.2, -0.15) is 0 Å². The molecule has 0 saturated carbocycles. The summed E-state index contributed by atoms with van der Waals surface area (Å²) in [5.74, 6) is -10.00. The van der Waals surface area contributed by atoms with Gasteiger partial charge in [-0.3, -0.25) is 58.4 Å². The van der Waals surface area contributed by atoms with Crippen LogP contribution in [0.1, 0.15) is 82.1 Å². The first-order chi connectivity index (χ1) is 51.9. The fourth-order valence-corrected chi connectivity index (χ4v) is 12.9. The Hall–Kier alpha value is -11.0. The van der Waals surface area contributed by atoms with Gasteiger partial charge in [-0.25, -0.2) is 10.2 Å². The number of aromatic nitrogens is 1. The fraction of sp³-hybridized carbons (Fsp3) is 0.432. The standard InChI is InChI=1S/C74H95ClN16O18/c1-38(2)29-52(63(98)82-51(15-9-27-79-73(76)77)71(106)91-28-10-16-59(91)70(105)89-90-74(78)107)83-69(104)58(37-108-72-62(97)61(96)60(95)39(3)109-72)88-66(101)55(32-42-20-25-48(94)26-21-42)85-68(103)57(36-92)87-67(102)56(34-46-35-80-50-14-8-7-13-49(46)50)86-65(100)54(31-41-18-23-47(75)24-19-41)84-64(99)53(81-40(4)93)33-43-17-22-44-11-5-6-12-45(44)30-43/h5-8,11-14,17-26,30,35,38-39,51-62,72,80,92,94-97H,9-10,15-16,27-29,31-34,36-37H2,1-4H3,(H,81,93)(H,82,98)(H,83,104)(H,84,99)(H,85,103)(H,86,100)(H,87,102)(H,88,101)(H,89,105)(H4,76,77,79)(H3,78,90,107)/t39-,51-,52-,53+,54+,55-,56+,57-,58+,59-,60-,61+,62+,72+/m0/s1. The first-order valence-electron chi connectivity index (χ1n) is 35.5. The molecule has 1 aromatic heterocycles. The quantitative estimate of drug-likeness (QED) is 0.00929. The van der Waals surface area contributed by atoms with Crippen molar-refractivity contribution in [3.05, 3.63) is 149 Å². The third kappa shape index (κ3) is 24.2. The molecule has 3 heterocycles. The van der Waals surface area contributed by atoms with Crippen molar-refractivity contribution >= 4 is 104 Å². The van der Waals surface area contributed by atoms with Crippen LogP contribution in [0.5, 0.6) is 5.75 Å². The Morgan fingerprint density at radius 1 is 0.615 bits per heavy atom. The third-order valence-electron chi connectivity index (χ3n) is 18.4. The molecule has 2 aliphatic rings. The van der Waals surface area contributed by atoms with Gasteiger partial charge in [-0.15, -0.1) is 0 Å². The number of aliphatic imine (C=N–C) groups is 1. The lowest BCUT2D eigenvalue weighted by atomic mass is 9.99. The highest BCUT2D eigenvalue weighted by Gasteiger charge is 2.44. The number of aromatic hydroxyl groups is 1. The summed E-state index contributed by atoms with van der Waals surface area (Å²) in [5.41, 5.74) is 23.1. The maximum Gasteiger partial charge on any atom is 0.330 e. The van der Waals surface area contributed by atoms with Crippen molar-refractivity contribution in [3.8, 4) is 5.75 Å². The van der Waals surface area contributed by atoms with Crippen LogP contribution in [0.3, 0.4) is 0 Å². The second kappa shape index (κ2) is 39.7. The molecule has 0 spiro atoms. The van der Waals surface area contributed by atoms with Gasteiger partial charge >= 0.3 is 6.03 Å². The molecule has 586 valence electrons. The molecular weight excluding hydrogens is 1440 g/mol. The second-order valence-electron chi connectivity index (χ2n) is 27.3. The number of likely N-dealkylation sites (tertiary alicyclic amines) is 1. The maximum atomic E-state index is 15.1. The molecule has 34 nitrogen and oxygen atoms in total. The van der Waals surface area contributed by atoms with Crippen molar-refractivity contribution < 1.29 is 87.7 Å². The molecule has 12 amide bonds. The molecule has 2 saturated heterocycles. The van der Waals surface area contributed by atoms with E-state index >= 15 is 19.2 Å². The number of carbonyl (C=O) groups is 11. The lowest BCUT2D eigenvalue weighted by molar-refractivity contribution is -0.293. The minimum atomic E-state index is -1.94. The van der Waals surface area contributed by atoms with E-state index in [1.807, 2.05) is 47.9 Å². The number of aliphatic hydroxyl groups is 4. The lowest BCUT2D eigenvalue weighted by Crippen LogP contribution is -2.62. The molecule has 22 N–H and O–H groups in total. The normalized spacial score (nSPS) is 19.1. The van der Waals surface area contributed by atoms with Crippen LogP contribution >= 0.6 is 11.6 Å². The van der Waals surface area contributed by atoms with Gasteiger partial charge in [-0.05, 0) is 108 Å². The van der Waals surface area contributed by atoms with Gasteiger partial charge in [0.15, 0.2) is 12.2 Å². The number of aromatic amines is 1. The number of primary amides is 1. The van der Waals surface area contributed by atoms with Crippen molar-refractivity contribution in [1.82, 2.24) is 63.3 Å². The highest BCUT2D eigenvalue weighted by molar-refractivity contribution is 6.30. The van der Waals surface area contributed by atoms with E-state index in [9.17, 15) is 59.1 Å². The SMILES string of the molecule is CC(=O)N[C@H](Cc1ccc2ccccc2c1)C(=O)N[C@H](Cc1ccc(Cl)cc1)C(=O)N[C@H](Cc1c[nH]c2ccccc12)C(=O)N[C@@H](CO)C(=O)N[C@@H](Cc1ccc(O)cc1)C(=O)N[C@H](CO[C@@H]1O[C@@H](C)[C@H](O)[C@@H](O)[C@H]1O)C(=O)N[C@@H](CC(C)C)C(=O)N[C@@H](CCCN=C(N)N)C(=O)N1CCC[C@H]1C(=O)NNC(N)=O.